The Labute approximate surface area is 206 Å². The predicted molar refractivity (Wildman–Crippen MR) is 138 cm³/mol. The zero-order valence-corrected chi connectivity index (χ0v) is 20.9. The lowest BCUT2D eigenvalue weighted by molar-refractivity contribution is 0.0600. The van der Waals surface area contributed by atoms with Crippen molar-refractivity contribution in [2.24, 2.45) is 5.92 Å². The van der Waals surface area contributed by atoms with Gasteiger partial charge in [0.25, 0.3) is 5.91 Å². The topological polar surface area (TPSA) is 83.1 Å². The van der Waals surface area contributed by atoms with Crippen LogP contribution in [0.2, 0.25) is 0 Å². The van der Waals surface area contributed by atoms with Gasteiger partial charge in [0.2, 0.25) is 0 Å². The van der Waals surface area contributed by atoms with Gasteiger partial charge in [-0.25, -0.2) is 4.79 Å². The van der Waals surface area contributed by atoms with E-state index < -0.39 is 5.97 Å². The number of esters is 1. The highest BCUT2D eigenvalue weighted by molar-refractivity contribution is 7.80. The molecule has 34 heavy (non-hydrogen) atoms. The number of ether oxygens (including phenoxy) is 2. The molecule has 1 aliphatic rings. The van der Waals surface area contributed by atoms with Crippen molar-refractivity contribution >= 4 is 40.6 Å². The number of methoxy groups -OCH3 is 1. The Morgan fingerprint density at radius 1 is 1.03 bits per heavy atom. The molecule has 1 fully saturated rings. The Bertz CT molecular complexity index is 1020. The first kappa shape index (κ1) is 25.5. The number of nitrogens with one attached hydrogen (secondary N) is 2. The maximum absolute atomic E-state index is 12.7. The van der Waals surface area contributed by atoms with Crippen LogP contribution in [0.1, 0.15) is 34.6 Å². The summed E-state index contributed by atoms with van der Waals surface area (Å²) in [5.74, 6) is 0.350. The van der Waals surface area contributed by atoms with E-state index in [-0.39, 0.29) is 11.0 Å². The molecule has 0 atom stereocenters. The van der Waals surface area contributed by atoms with Crippen LogP contribution in [0, 0.1) is 5.92 Å². The van der Waals surface area contributed by atoms with E-state index in [1.165, 1.54) is 7.11 Å². The van der Waals surface area contributed by atoms with Crippen LogP contribution in [0.25, 0.3) is 0 Å². The van der Waals surface area contributed by atoms with Gasteiger partial charge < -0.3 is 24.6 Å². The Balaban J connectivity index is 1.70. The molecule has 0 aromatic heterocycles. The van der Waals surface area contributed by atoms with Gasteiger partial charge in [-0.3, -0.25) is 10.1 Å². The van der Waals surface area contributed by atoms with Gasteiger partial charge in [0.1, 0.15) is 5.75 Å². The molecule has 0 spiro atoms. The van der Waals surface area contributed by atoms with E-state index in [2.05, 4.69) is 41.3 Å². The summed E-state index contributed by atoms with van der Waals surface area (Å²) in [4.78, 5) is 29.3. The molecule has 8 nitrogen and oxygen atoms in total. The first-order chi connectivity index (χ1) is 16.3. The minimum Gasteiger partial charge on any atom is -0.493 e. The van der Waals surface area contributed by atoms with Crippen molar-refractivity contribution in [3.05, 3.63) is 53.6 Å². The Kier molecular flexibility index (Phi) is 8.84. The third-order valence-corrected chi connectivity index (χ3v) is 5.64. The van der Waals surface area contributed by atoms with Crippen molar-refractivity contribution in [3.8, 4) is 5.75 Å². The highest BCUT2D eigenvalue weighted by Crippen LogP contribution is 2.28. The largest absolute Gasteiger partial charge is 0.493 e. The van der Waals surface area contributed by atoms with E-state index in [1.807, 2.05) is 6.07 Å². The van der Waals surface area contributed by atoms with Crippen molar-refractivity contribution in [3.63, 3.8) is 0 Å². The second-order valence-electron chi connectivity index (χ2n) is 8.65. The second kappa shape index (κ2) is 11.8. The van der Waals surface area contributed by atoms with Crippen LogP contribution in [0.15, 0.2) is 42.5 Å². The summed E-state index contributed by atoms with van der Waals surface area (Å²) in [6.07, 6.45) is 0. The molecule has 3 rings (SSSR count). The van der Waals surface area contributed by atoms with E-state index in [1.54, 1.807) is 36.4 Å². The Hall–Kier alpha value is -3.17. The van der Waals surface area contributed by atoms with Crippen LogP contribution >= 0.6 is 12.2 Å². The predicted octanol–water partition coefficient (Wildman–Crippen LogP) is 3.39. The highest BCUT2D eigenvalue weighted by atomic mass is 32.1. The van der Waals surface area contributed by atoms with Crippen molar-refractivity contribution in [2.45, 2.75) is 13.8 Å². The molecular weight excluding hydrogens is 452 g/mol. The van der Waals surface area contributed by atoms with Gasteiger partial charge in [-0.15, -0.1) is 0 Å². The quantitative estimate of drug-likeness (QED) is 0.457. The fourth-order valence-electron chi connectivity index (χ4n) is 3.50. The first-order valence-electron chi connectivity index (χ1n) is 11.3. The zero-order valence-electron chi connectivity index (χ0n) is 20.1. The van der Waals surface area contributed by atoms with Crippen LogP contribution in [0.3, 0.4) is 0 Å². The number of nitrogens with zero attached hydrogens (tertiary/aromatic N) is 2. The van der Waals surface area contributed by atoms with Crippen molar-refractivity contribution in [2.75, 3.05) is 57.2 Å². The summed E-state index contributed by atoms with van der Waals surface area (Å²) in [5.41, 5.74) is 2.40. The lowest BCUT2D eigenvalue weighted by Gasteiger charge is -2.35. The number of benzene rings is 2. The molecule has 1 saturated heterocycles. The zero-order chi connectivity index (χ0) is 24.7. The van der Waals surface area contributed by atoms with Gasteiger partial charge in [-0.05, 0) is 67.6 Å². The highest BCUT2D eigenvalue weighted by Gasteiger charge is 2.20. The van der Waals surface area contributed by atoms with Crippen molar-refractivity contribution in [1.82, 2.24) is 10.2 Å². The lowest BCUT2D eigenvalue weighted by Crippen LogP contribution is -2.45. The van der Waals surface area contributed by atoms with Crippen molar-refractivity contribution in [1.29, 1.82) is 0 Å². The van der Waals surface area contributed by atoms with Crippen molar-refractivity contribution < 1.29 is 19.1 Å². The number of carbonyl (C=O) groups is 2. The third kappa shape index (κ3) is 6.91. The summed E-state index contributed by atoms with van der Waals surface area (Å²) in [6.45, 7) is 8.30. The SMILES string of the molecule is COC(=O)c1ccc(N2CCN(C)CC2)c(NC(=S)NC(=O)c2ccc(OCC(C)C)cc2)c1. The molecule has 0 saturated carbocycles. The molecule has 2 N–H and O–H groups in total. The number of piperazine rings is 1. The fraction of sp³-hybridized carbons (Fsp3) is 0.400. The molecule has 2 aromatic rings. The summed E-state index contributed by atoms with van der Waals surface area (Å²) in [5, 5.41) is 5.95. The maximum atomic E-state index is 12.7. The number of anilines is 2. The molecule has 2 aromatic carbocycles. The number of hydrogen-bond donors (Lipinski definition) is 2. The molecule has 1 amide bonds. The van der Waals surface area contributed by atoms with Gasteiger partial charge in [0.15, 0.2) is 5.11 Å². The van der Waals surface area contributed by atoms with Crippen LogP contribution < -0.4 is 20.3 Å². The number of rotatable bonds is 7. The average Bonchev–Trinajstić information content (AvgIpc) is 2.83. The average molecular weight is 485 g/mol. The van der Waals surface area contributed by atoms with E-state index in [9.17, 15) is 9.59 Å². The van der Waals surface area contributed by atoms with Crippen LogP contribution in [0.5, 0.6) is 5.75 Å². The summed E-state index contributed by atoms with van der Waals surface area (Å²) in [6, 6.07) is 12.2. The third-order valence-electron chi connectivity index (χ3n) is 5.44. The standard InChI is InChI=1S/C25H32N4O4S/c1-17(2)16-33-20-8-5-18(6-9-20)23(30)27-25(34)26-21-15-19(24(31)32-4)7-10-22(21)29-13-11-28(3)12-14-29/h5-10,15,17H,11-14,16H2,1-4H3,(H2,26,27,30,34). The Morgan fingerprint density at radius 2 is 1.68 bits per heavy atom. The number of carbonyl (C=O) groups excluding carboxylic acids is 2. The summed E-state index contributed by atoms with van der Waals surface area (Å²) >= 11 is 5.41. The number of likely N-dealkylation sites (N-methyl/N-ethyl adjacent to an activating group) is 1. The van der Waals surface area contributed by atoms with Crippen LogP contribution in [-0.2, 0) is 4.74 Å². The first-order valence-corrected chi connectivity index (χ1v) is 11.7. The molecule has 0 aliphatic carbocycles. The molecule has 0 bridgehead atoms. The van der Waals surface area contributed by atoms with Gasteiger partial charge in [0.05, 0.1) is 30.7 Å². The smallest absolute Gasteiger partial charge is 0.337 e. The molecular formula is C25H32N4O4S. The van der Waals surface area contributed by atoms with Crippen LogP contribution in [-0.4, -0.2) is 68.8 Å². The molecule has 182 valence electrons. The normalized spacial score (nSPS) is 14.0. The molecule has 1 aliphatic heterocycles. The van der Waals surface area contributed by atoms with E-state index in [4.69, 9.17) is 21.7 Å². The van der Waals surface area contributed by atoms with Crippen LogP contribution in [0.4, 0.5) is 11.4 Å². The molecule has 0 unspecified atom stereocenters. The monoisotopic (exact) mass is 484 g/mol. The van der Waals surface area contributed by atoms with Gasteiger partial charge >= 0.3 is 5.97 Å². The molecule has 1 heterocycles. The molecule has 9 heteroatoms. The fourth-order valence-corrected chi connectivity index (χ4v) is 3.70. The second-order valence-corrected chi connectivity index (χ2v) is 9.06. The number of thiocarbonyl (C=S) groups is 1. The van der Waals surface area contributed by atoms with Gasteiger partial charge in [0, 0.05) is 31.7 Å². The van der Waals surface area contributed by atoms with Gasteiger partial charge in [-0.1, -0.05) is 13.8 Å². The minimum absolute atomic E-state index is 0.141. The minimum atomic E-state index is -0.442. The Morgan fingerprint density at radius 3 is 2.29 bits per heavy atom. The number of amides is 1. The van der Waals surface area contributed by atoms with E-state index in [0.717, 1.165) is 31.9 Å². The lowest BCUT2D eigenvalue weighted by atomic mass is 10.1. The summed E-state index contributed by atoms with van der Waals surface area (Å²) in [7, 11) is 3.43. The van der Waals surface area contributed by atoms with E-state index in [0.29, 0.717) is 35.1 Å². The van der Waals surface area contributed by atoms with Gasteiger partial charge in [-0.2, -0.15) is 0 Å². The number of hydrogen-bond acceptors (Lipinski definition) is 7. The molecule has 0 radical (unpaired) electrons. The van der Waals surface area contributed by atoms with E-state index >= 15 is 0 Å². The maximum Gasteiger partial charge on any atom is 0.337 e. The summed E-state index contributed by atoms with van der Waals surface area (Å²) < 4.78 is 10.5.